The molecule has 0 aliphatic rings. The quantitative estimate of drug-likeness (QED) is 0.406. The van der Waals surface area contributed by atoms with Gasteiger partial charge in [-0.3, -0.25) is 4.90 Å². The van der Waals surface area contributed by atoms with E-state index in [2.05, 4.69) is 23.6 Å². The molecule has 0 aliphatic carbocycles. The normalized spacial score (nSPS) is 16.0. The molecular weight excluding hydrogens is 266 g/mol. The highest BCUT2D eigenvalue weighted by molar-refractivity contribution is 5.89. The Balaban J connectivity index is 5.48. The third-order valence-corrected chi connectivity index (χ3v) is 4.19. The lowest BCUT2D eigenvalue weighted by molar-refractivity contribution is -0.150. The molecule has 0 N–H and O–H groups in total. The van der Waals surface area contributed by atoms with Crippen LogP contribution < -0.4 is 0 Å². The summed E-state index contributed by atoms with van der Waals surface area (Å²) in [7, 11) is 11.9. The van der Waals surface area contributed by atoms with Crippen molar-refractivity contribution in [3.05, 3.63) is 11.1 Å². The molecule has 3 atom stereocenters. The topological polar surface area (TPSA) is 36.0 Å². The molecule has 0 amide bonds. The van der Waals surface area contributed by atoms with Crippen molar-refractivity contribution in [2.24, 2.45) is 0 Å². The molecule has 0 fully saturated rings. The second-order valence-electron chi connectivity index (χ2n) is 6.33. The first kappa shape index (κ1) is 20.1. The summed E-state index contributed by atoms with van der Waals surface area (Å²) < 4.78 is 5.51. The Kier molecular flexibility index (Phi) is 8.14. The number of hydrogen-bond acceptors (Lipinski definition) is 5. The number of carbonyl (C=O) groups is 1. The van der Waals surface area contributed by atoms with Crippen molar-refractivity contribution in [1.82, 2.24) is 14.7 Å². The molecule has 5 nitrogen and oxygen atoms in total. The highest BCUT2D eigenvalue weighted by atomic mass is 16.6. The lowest BCUT2D eigenvalue weighted by Crippen LogP contribution is -2.39. The predicted octanol–water partition coefficient (Wildman–Crippen LogP) is 1.65. The molecule has 0 rings (SSSR count). The fourth-order valence-electron chi connectivity index (χ4n) is 2.00. The maximum absolute atomic E-state index is 12.4. The lowest BCUT2D eigenvalue weighted by Gasteiger charge is -2.32. The van der Waals surface area contributed by atoms with Gasteiger partial charge in [-0.2, -0.15) is 0 Å². The van der Waals surface area contributed by atoms with E-state index in [4.69, 9.17) is 4.74 Å². The second kappa shape index (κ2) is 8.51. The minimum Gasteiger partial charge on any atom is -0.443 e. The van der Waals surface area contributed by atoms with E-state index in [9.17, 15) is 4.79 Å². The van der Waals surface area contributed by atoms with Crippen LogP contribution in [0.5, 0.6) is 0 Å². The Morgan fingerprint density at radius 1 is 0.810 bits per heavy atom. The van der Waals surface area contributed by atoms with Gasteiger partial charge in [0.25, 0.3) is 0 Å². The van der Waals surface area contributed by atoms with Crippen molar-refractivity contribution >= 4 is 5.97 Å². The van der Waals surface area contributed by atoms with E-state index in [0.29, 0.717) is 5.57 Å². The van der Waals surface area contributed by atoms with E-state index in [1.54, 1.807) is 0 Å². The molecule has 0 aliphatic heterocycles. The van der Waals surface area contributed by atoms with E-state index < -0.39 is 0 Å². The fourth-order valence-corrected chi connectivity index (χ4v) is 2.00. The molecule has 0 aromatic heterocycles. The van der Waals surface area contributed by atoms with Crippen LogP contribution in [-0.4, -0.2) is 81.3 Å². The molecule has 0 bridgehead atoms. The van der Waals surface area contributed by atoms with Crippen LogP contribution in [0.4, 0.5) is 0 Å². The number of likely N-dealkylation sites (N-methyl/N-ethyl adjacent to an activating group) is 2. The molecular formula is C16H33N3O2. The fraction of sp³-hybridized carbons (Fsp3) is 0.812. The molecule has 0 spiro atoms. The number of esters is 1. The van der Waals surface area contributed by atoms with Gasteiger partial charge in [0, 0.05) is 17.7 Å². The third kappa shape index (κ3) is 5.77. The molecule has 124 valence electrons. The standard InChI is InChI=1S/C16H33N3O2/c1-11(16(20)21-14(4)19(9)10)15(12(2)17(5)6)13(3)18(7)8/h12-14H,1-10H3. The first-order valence-corrected chi connectivity index (χ1v) is 7.41. The zero-order chi connectivity index (χ0) is 16.9. The number of carbonyl (C=O) groups excluding carboxylic acids is 1. The average Bonchev–Trinajstić information content (AvgIpc) is 2.37. The molecule has 0 saturated heterocycles. The van der Waals surface area contributed by atoms with Gasteiger partial charge in [0.2, 0.25) is 0 Å². The van der Waals surface area contributed by atoms with Crippen LogP contribution >= 0.6 is 0 Å². The number of nitrogens with zero attached hydrogens (tertiary/aromatic N) is 3. The SMILES string of the molecule is CC(C(=O)OC(C)N(C)C)=C(C(C)N(C)C)C(C)N(C)C. The van der Waals surface area contributed by atoms with E-state index in [1.165, 1.54) is 0 Å². The Morgan fingerprint density at radius 2 is 1.19 bits per heavy atom. The molecule has 3 unspecified atom stereocenters. The van der Waals surface area contributed by atoms with Gasteiger partial charge in [-0.05, 0) is 75.6 Å². The van der Waals surface area contributed by atoms with Gasteiger partial charge in [0.1, 0.15) is 0 Å². The average molecular weight is 299 g/mol. The summed E-state index contributed by atoms with van der Waals surface area (Å²) in [6.45, 7) is 7.96. The van der Waals surface area contributed by atoms with Crippen molar-refractivity contribution in [1.29, 1.82) is 0 Å². The monoisotopic (exact) mass is 299 g/mol. The van der Waals surface area contributed by atoms with Crippen molar-refractivity contribution in [2.45, 2.75) is 46.0 Å². The van der Waals surface area contributed by atoms with Crippen LogP contribution in [0.1, 0.15) is 27.7 Å². The maximum Gasteiger partial charge on any atom is 0.335 e. The van der Waals surface area contributed by atoms with E-state index in [-0.39, 0.29) is 24.3 Å². The van der Waals surface area contributed by atoms with Crippen LogP contribution in [0, 0.1) is 0 Å². The van der Waals surface area contributed by atoms with Gasteiger partial charge < -0.3 is 14.5 Å². The van der Waals surface area contributed by atoms with Gasteiger partial charge in [-0.1, -0.05) is 0 Å². The number of rotatable bonds is 7. The van der Waals surface area contributed by atoms with Gasteiger partial charge in [0.15, 0.2) is 6.23 Å². The minimum absolute atomic E-state index is 0.171. The van der Waals surface area contributed by atoms with Crippen molar-refractivity contribution in [3.63, 3.8) is 0 Å². The van der Waals surface area contributed by atoms with Gasteiger partial charge >= 0.3 is 5.97 Å². The van der Waals surface area contributed by atoms with Crippen molar-refractivity contribution in [3.8, 4) is 0 Å². The summed E-state index contributed by atoms with van der Waals surface area (Å²) in [5.41, 5.74) is 1.80. The summed E-state index contributed by atoms with van der Waals surface area (Å²) in [6.07, 6.45) is -0.238. The molecule has 0 heterocycles. The van der Waals surface area contributed by atoms with Crippen LogP contribution in [0.15, 0.2) is 11.1 Å². The zero-order valence-electron chi connectivity index (χ0n) is 15.4. The van der Waals surface area contributed by atoms with Crippen LogP contribution in [0.2, 0.25) is 0 Å². The third-order valence-electron chi connectivity index (χ3n) is 4.19. The Bertz CT molecular complexity index is 360. The molecule has 0 saturated carbocycles. The van der Waals surface area contributed by atoms with E-state index >= 15 is 0 Å². The Labute approximate surface area is 130 Å². The smallest absolute Gasteiger partial charge is 0.335 e. The van der Waals surface area contributed by atoms with Gasteiger partial charge in [-0.15, -0.1) is 0 Å². The molecule has 0 aromatic rings. The molecule has 5 heteroatoms. The summed E-state index contributed by atoms with van der Waals surface area (Å²) in [5, 5.41) is 0. The summed E-state index contributed by atoms with van der Waals surface area (Å²) >= 11 is 0. The van der Waals surface area contributed by atoms with E-state index in [0.717, 1.165) is 5.57 Å². The second-order valence-corrected chi connectivity index (χ2v) is 6.33. The molecule has 0 radical (unpaired) electrons. The largest absolute Gasteiger partial charge is 0.443 e. The van der Waals surface area contributed by atoms with E-state index in [1.807, 2.05) is 61.0 Å². The number of hydrogen-bond donors (Lipinski definition) is 0. The maximum atomic E-state index is 12.4. The zero-order valence-corrected chi connectivity index (χ0v) is 15.4. The summed E-state index contributed by atoms with van der Waals surface area (Å²) in [6, 6.07) is 0.342. The van der Waals surface area contributed by atoms with Crippen molar-refractivity contribution < 1.29 is 9.53 Å². The lowest BCUT2D eigenvalue weighted by atomic mass is 9.94. The summed E-state index contributed by atoms with van der Waals surface area (Å²) in [5.74, 6) is -0.242. The Morgan fingerprint density at radius 3 is 1.48 bits per heavy atom. The minimum atomic E-state index is -0.242. The molecule has 21 heavy (non-hydrogen) atoms. The van der Waals surface area contributed by atoms with Crippen LogP contribution in [0.25, 0.3) is 0 Å². The Hall–Kier alpha value is -0.910. The number of ether oxygens (including phenoxy) is 1. The van der Waals surface area contributed by atoms with Gasteiger partial charge in [-0.25, -0.2) is 4.79 Å². The first-order chi connectivity index (χ1) is 9.50. The summed E-state index contributed by atoms with van der Waals surface area (Å²) in [4.78, 5) is 18.5. The van der Waals surface area contributed by atoms with Crippen LogP contribution in [0.3, 0.4) is 0 Å². The van der Waals surface area contributed by atoms with Crippen molar-refractivity contribution in [2.75, 3.05) is 42.3 Å². The predicted molar refractivity (Wildman–Crippen MR) is 88.2 cm³/mol. The van der Waals surface area contributed by atoms with Gasteiger partial charge in [0.05, 0.1) is 0 Å². The van der Waals surface area contributed by atoms with Crippen LogP contribution in [-0.2, 0) is 9.53 Å². The molecule has 0 aromatic carbocycles. The highest BCUT2D eigenvalue weighted by Gasteiger charge is 2.26. The highest BCUT2D eigenvalue weighted by Crippen LogP contribution is 2.21. The first-order valence-electron chi connectivity index (χ1n) is 7.41.